The molecule has 1 heterocycles. The molecule has 1 aromatic rings. The molecular formula is C15H22F2N2. The maximum atomic E-state index is 13.6. The normalized spacial score (nSPS) is 21.0. The molecule has 2 nitrogen and oxygen atoms in total. The molecule has 0 spiro atoms. The van der Waals surface area contributed by atoms with Gasteiger partial charge in [0.05, 0.1) is 0 Å². The number of piperazine rings is 1. The first kappa shape index (κ1) is 14.4. The fourth-order valence-corrected chi connectivity index (χ4v) is 2.66. The Hall–Kier alpha value is -1.00. The minimum atomic E-state index is -0.515. The molecular weight excluding hydrogens is 246 g/mol. The molecule has 0 radical (unpaired) electrons. The smallest absolute Gasteiger partial charge is 0.130 e. The second-order valence-electron chi connectivity index (χ2n) is 5.75. The quantitative estimate of drug-likeness (QED) is 0.903. The maximum absolute atomic E-state index is 13.6. The predicted octanol–water partition coefficient (Wildman–Crippen LogP) is 2.78. The van der Waals surface area contributed by atoms with Crippen LogP contribution >= 0.6 is 0 Å². The Labute approximate surface area is 113 Å². The van der Waals surface area contributed by atoms with Crippen LogP contribution in [0.1, 0.15) is 25.8 Å². The molecule has 1 aliphatic rings. The van der Waals surface area contributed by atoms with E-state index in [1.54, 1.807) is 6.07 Å². The SMILES string of the molecule is CC(C)CC1CN(Cc2ccc(F)cc2F)CCN1. The molecule has 19 heavy (non-hydrogen) atoms. The van der Waals surface area contributed by atoms with Crippen LogP contribution in [0.2, 0.25) is 0 Å². The predicted molar refractivity (Wildman–Crippen MR) is 72.9 cm³/mol. The topological polar surface area (TPSA) is 15.3 Å². The lowest BCUT2D eigenvalue weighted by Crippen LogP contribution is -2.50. The molecule has 0 bridgehead atoms. The van der Waals surface area contributed by atoms with Crippen molar-refractivity contribution in [2.45, 2.75) is 32.9 Å². The molecule has 0 aromatic heterocycles. The Morgan fingerprint density at radius 2 is 2.16 bits per heavy atom. The van der Waals surface area contributed by atoms with Crippen LogP contribution in [0.15, 0.2) is 18.2 Å². The summed E-state index contributed by atoms with van der Waals surface area (Å²) in [6, 6.07) is 4.30. The van der Waals surface area contributed by atoms with Crippen molar-refractivity contribution >= 4 is 0 Å². The highest BCUT2D eigenvalue weighted by atomic mass is 19.1. The largest absolute Gasteiger partial charge is 0.311 e. The Kier molecular flexibility index (Phi) is 4.88. The second kappa shape index (κ2) is 6.44. The zero-order valence-corrected chi connectivity index (χ0v) is 11.6. The Morgan fingerprint density at radius 1 is 1.37 bits per heavy atom. The van der Waals surface area contributed by atoms with Gasteiger partial charge < -0.3 is 5.32 Å². The van der Waals surface area contributed by atoms with Gasteiger partial charge >= 0.3 is 0 Å². The standard InChI is InChI=1S/C15H22F2N2/c1-11(2)7-14-10-19(6-5-18-14)9-12-3-4-13(16)8-15(12)17/h3-4,8,11,14,18H,5-7,9-10H2,1-2H3. The van der Waals surface area contributed by atoms with Crippen LogP contribution in [-0.4, -0.2) is 30.6 Å². The molecule has 106 valence electrons. The first-order valence-corrected chi connectivity index (χ1v) is 6.94. The third kappa shape index (κ3) is 4.25. The first-order chi connectivity index (χ1) is 9.04. The number of benzene rings is 1. The van der Waals surface area contributed by atoms with Crippen LogP contribution in [0.5, 0.6) is 0 Å². The van der Waals surface area contributed by atoms with Crippen molar-refractivity contribution in [1.82, 2.24) is 10.2 Å². The van der Waals surface area contributed by atoms with Crippen molar-refractivity contribution in [1.29, 1.82) is 0 Å². The minimum Gasteiger partial charge on any atom is -0.311 e. The average molecular weight is 268 g/mol. The summed E-state index contributed by atoms with van der Waals surface area (Å²) in [5.41, 5.74) is 0.576. The van der Waals surface area contributed by atoms with Crippen LogP contribution in [0.25, 0.3) is 0 Å². The van der Waals surface area contributed by atoms with Gasteiger partial charge in [0.1, 0.15) is 11.6 Å². The van der Waals surface area contributed by atoms with Gasteiger partial charge in [0.15, 0.2) is 0 Å². The highest BCUT2D eigenvalue weighted by Gasteiger charge is 2.20. The molecule has 4 heteroatoms. The molecule has 0 amide bonds. The Bertz CT molecular complexity index is 421. The van der Waals surface area contributed by atoms with E-state index < -0.39 is 11.6 Å². The van der Waals surface area contributed by atoms with E-state index in [1.807, 2.05) is 0 Å². The van der Waals surface area contributed by atoms with Crippen LogP contribution in [0.4, 0.5) is 8.78 Å². The highest BCUT2D eigenvalue weighted by molar-refractivity contribution is 5.18. The summed E-state index contributed by atoms with van der Waals surface area (Å²) in [4.78, 5) is 2.24. The summed E-state index contributed by atoms with van der Waals surface area (Å²) < 4.78 is 26.5. The molecule has 1 N–H and O–H groups in total. The van der Waals surface area contributed by atoms with E-state index in [2.05, 4.69) is 24.1 Å². The number of hydrogen-bond acceptors (Lipinski definition) is 2. The lowest BCUT2D eigenvalue weighted by atomic mass is 10.0. The fourth-order valence-electron chi connectivity index (χ4n) is 2.66. The van der Waals surface area contributed by atoms with Crippen molar-refractivity contribution in [3.8, 4) is 0 Å². The lowest BCUT2D eigenvalue weighted by molar-refractivity contribution is 0.178. The van der Waals surface area contributed by atoms with Crippen LogP contribution in [0, 0.1) is 17.6 Å². The van der Waals surface area contributed by atoms with Crippen LogP contribution in [-0.2, 0) is 6.54 Å². The molecule has 1 atom stereocenters. The van der Waals surface area contributed by atoms with Gasteiger partial charge in [-0.3, -0.25) is 4.90 Å². The third-order valence-corrected chi connectivity index (χ3v) is 3.50. The van der Waals surface area contributed by atoms with Crippen LogP contribution in [0.3, 0.4) is 0 Å². The lowest BCUT2D eigenvalue weighted by Gasteiger charge is -2.34. The van der Waals surface area contributed by atoms with Gasteiger partial charge in [-0.1, -0.05) is 19.9 Å². The van der Waals surface area contributed by atoms with Gasteiger partial charge in [-0.25, -0.2) is 8.78 Å². The summed E-state index contributed by atoms with van der Waals surface area (Å²) in [6.07, 6.45) is 1.13. The molecule has 1 aromatic carbocycles. The fraction of sp³-hybridized carbons (Fsp3) is 0.600. The van der Waals surface area contributed by atoms with Gasteiger partial charge in [-0.15, -0.1) is 0 Å². The molecule has 1 saturated heterocycles. The van der Waals surface area contributed by atoms with Crippen molar-refractivity contribution in [2.75, 3.05) is 19.6 Å². The van der Waals surface area contributed by atoms with E-state index in [9.17, 15) is 8.78 Å². The third-order valence-electron chi connectivity index (χ3n) is 3.50. The molecule has 0 saturated carbocycles. The Morgan fingerprint density at radius 3 is 2.84 bits per heavy atom. The van der Waals surface area contributed by atoms with E-state index in [1.165, 1.54) is 6.07 Å². The van der Waals surface area contributed by atoms with Crippen molar-refractivity contribution in [3.05, 3.63) is 35.4 Å². The van der Waals surface area contributed by atoms with Gasteiger partial charge in [0, 0.05) is 43.9 Å². The zero-order chi connectivity index (χ0) is 13.8. The number of nitrogens with one attached hydrogen (secondary N) is 1. The maximum Gasteiger partial charge on any atom is 0.130 e. The van der Waals surface area contributed by atoms with E-state index in [0.717, 1.165) is 32.1 Å². The van der Waals surface area contributed by atoms with E-state index in [-0.39, 0.29) is 0 Å². The van der Waals surface area contributed by atoms with Gasteiger partial charge in [0.25, 0.3) is 0 Å². The summed E-state index contributed by atoms with van der Waals surface area (Å²) in [5.74, 6) is -0.307. The van der Waals surface area contributed by atoms with E-state index >= 15 is 0 Å². The van der Waals surface area contributed by atoms with Gasteiger partial charge in [0.2, 0.25) is 0 Å². The number of halogens is 2. The van der Waals surface area contributed by atoms with Crippen molar-refractivity contribution in [3.63, 3.8) is 0 Å². The van der Waals surface area contributed by atoms with Crippen molar-refractivity contribution in [2.24, 2.45) is 5.92 Å². The van der Waals surface area contributed by atoms with Gasteiger partial charge in [-0.05, 0) is 18.4 Å². The highest BCUT2D eigenvalue weighted by Crippen LogP contribution is 2.15. The Balaban J connectivity index is 1.94. The molecule has 2 rings (SSSR count). The van der Waals surface area contributed by atoms with Crippen LogP contribution < -0.4 is 5.32 Å². The molecule has 0 aliphatic carbocycles. The molecule has 1 aliphatic heterocycles. The van der Waals surface area contributed by atoms with Crippen molar-refractivity contribution < 1.29 is 8.78 Å². The van der Waals surface area contributed by atoms with E-state index in [4.69, 9.17) is 0 Å². The monoisotopic (exact) mass is 268 g/mol. The van der Waals surface area contributed by atoms with Gasteiger partial charge in [-0.2, -0.15) is 0 Å². The first-order valence-electron chi connectivity index (χ1n) is 6.94. The zero-order valence-electron chi connectivity index (χ0n) is 11.6. The summed E-state index contributed by atoms with van der Waals surface area (Å²) in [6.45, 7) is 7.74. The minimum absolute atomic E-state index is 0.445. The average Bonchev–Trinajstić information content (AvgIpc) is 2.32. The summed E-state index contributed by atoms with van der Waals surface area (Å²) >= 11 is 0. The molecule has 1 unspecified atom stereocenters. The summed E-state index contributed by atoms with van der Waals surface area (Å²) in [5, 5.41) is 3.49. The van der Waals surface area contributed by atoms with E-state index in [0.29, 0.717) is 24.1 Å². The number of rotatable bonds is 4. The number of hydrogen-bond donors (Lipinski definition) is 1. The summed E-state index contributed by atoms with van der Waals surface area (Å²) in [7, 11) is 0. The molecule has 1 fully saturated rings. The second-order valence-corrected chi connectivity index (χ2v) is 5.75. The number of nitrogens with zero attached hydrogens (tertiary/aromatic N) is 1.